The minimum absolute atomic E-state index is 0.242. The zero-order chi connectivity index (χ0) is 16.4. The van der Waals surface area contributed by atoms with Crippen LogP contribution in [0.4, 0.5) is 4.39 Å². The van der Waals surface area contributed by atoms with E-state index < -0.39 is 10.0 Å². The second-order valence-electron chi connectivity index (χ2n) is 5.34. The fourth-order valence-electron chi connectivity index (χ4n) is 2.42. The van der Waals surface area contributed by atoms with Gasteiger partial charge in [-0.2, -0.15) is 0 Å². The Kier molecular flexibility index (Phi) is 4.05. The molecule has 3 nitrogen and oxygen atoms in total. The summed E-state index contributed by atoms with van der Waals surface area (Å²) in [5.41, 5.74) is 2.19. The van der Waals surface area contributed by atoms with Crippen molar-refractivity contribution in [3.63, 3.8) is 0 Å². The first-order valence-electron chi connectivity index (χ1n) is 7.21. The number of rotatable bonds is 3. The van der Waals surface area contributed by atoms with Gasteiger partial charge in [0.05, 0.1) is 17.1 Å². The Morgan fingerprint density at radius 3 is 2.30 bits per heavy atom. The van der Waals surface area contributed by atoms with E-state index in [-0.39, 0.29) is 17.3 Å². The molecule has 0 spiro atoms. The second-order valence-corrected chi connectivity index (χ2v) is 7.20. The molecule has 0 fully saturated rings. The highest BCUT2D eigenvalue weighted by Crippen LogP contribution is 2.29. The Morgan fingerprint density at radius 2 is 1.65 bits per heavy atom. The maximum Gasteiger partial charge on any atom is 0.264 e. The SMILES string of the molecule is Cc1ccc(S(=O)(=O)N2CC=CC=C2c2ccc(F)cc2)cc1. The molecule has 5 heteroatoms. The lowest BCUT2D eigenvalue weighted by Gasteiger charge is -2.28. The van der Waals surface area contributed by atoms with Crippen molar-refractivity contribution >= 4 is 15.7 Å². The molecular formula is C18H16FNO2S. The van der Waals surface area contributed by atoms with E-state index in [9.17, 15) is 12.8 Å². The first-order valence-corrected chi connectivity index (χ1v) is 8.65. The van der Waals surface area contributed by atoms with Crippen molar-refractivity contribution < 1.29 is 12.8 Å². The molecular weight excluding hydrogens is 313 g/mol. The van der Waals surface area contributed by atoms with E-state index in [1.807, 2.05) is 6.92 Å². The third-order valence-corrected chi connectivity index (χ3v) is 5.47. The molecule has 1 heterocycles. The van der Waals surface area contributed by atoms with Gasteiger partial charge in [-0.3, -0.25) is 4.31 Å². The highest BCUT2D eigenvalue weighted by Gasteiger charge is 2.27. The molecule has 1 aliphatic rings. The van der Waals surface area contributed by atoms with Gasteiger partial charge in [0.2, 0.25) is 0 Å². The molecule has 0 aliphatic carbocycles. The van der Waals surface area contributed by atoms with E-state index in [1.54, 1.807) is 54.6 Å². The van der Waals surface area contributed by atoms with Gasteiger partial charge in [0.25, 0.3) is 10.0 Å². The summed E-state index contributed by atoms with van der Waals surface area (Å²) >= 11 is 0. The van der Waals surface area contributed by atoms with Gasteiger partial charge in [0.15, 0.2) is 0 Å². The van der Waals surface area contributed by atoms with Crippen molar-refractivity contribution in [2.24, 2.45) is 0 Å². The lowest BCUT2D eigenvalue weighted by Crippen LogP contribution is -2.31. The third-order valence-electron chi connectivity index (χ3n) is 3.68. The molecule has 2 aromatic rings. The maximum absolute atomic E-state index is 13.1. The summed E-state index contributed by atoms with van der Waals surface area (Å²) in [5, 5.41) is 0. The van der Waals surface area contributed by atoms with Gasteiger partial charge in [-0.15, -0.1) is 0 Å². The van der Waals surface area contributed by atoms with E-state index >= 15 is 0 Å². The average Bonchev–Trinajstić information content (AvgIpc) is 2.56. The number of nitrogens with zero attached hydrogens (tertiary/aromatic N) is 1. The van der Waals surface area contributed by atoms with Crippen molar-refractivity contribution in [1.82, 2.24) is 4.31 Å². The molecule has 23 heavy (non-hydrogen) atoms. The smallest absolute Gasteiger partial charge is 0.262 e. The highest BCUT2D eigenvalue weighted by atomic mass is 32.2. The van der Waals surface area contributed by atoms with Gasteiger partial charge in [0.1, 0.15) is 5.82 Å². The summed E-state index contributed by atoms with van der Waals surface area (Å²) in [6.45, 7) is 2.16. The molecule has 0 N–H and O–H groups in total. The van der Waals surface area contributed by atoms with Crippen LogP contribution in [0.3, 0.4) is 0 Å². The van der Waals surface area contributed by atoms with E-state index in [1.165, 1.54) is 16.4 Å². The zero-order valence-corrected chi connectivity index (χ0v) is 13.4. The van der Waals surface area contributed by atoms with E-state index in [2.05, 4.69) is 0 Å². The predicted molar refractivity (Wildman–Crippen MR) is 88.6 cm³/mol. The van der Waals surface area contributed by atoms with Crippen LogP contribution in [0.2, 0.25) is 0 Å². The Labute approximate surface area is 135 Å². The van der Waals surface area contributed by atoms with Gasteiger partial charge in [-0.25, -0.2) is 12.8 Å². The van der Waals surface area contributed by atoms with Crippen molar-refractivity contribution in [3.05, 3.63) is 83.7 Å². The Balaban J connectivity index is 2.03. The molecule has 0 bridgehead atoms. The summed E-state index contributed by atoms with van der Waals surface area (Å²) in [5.74, 6) is -0.353. The van der Waals surface area contributed by atoms with E-state index in [0.29, 0.717) is 11.3 Å². The van der Waals surface area contributed by atoms with Crippen LogP contribution < -0.4 is 0 Å². The lowest BCUT2D eigenvalue weighted by atomic mass is 10.1. The van der Waals surface area contributed by atoms with Gasteiger partial charge in [-0.1, -0.05) is 29.8 Å². The summed E-state index contributed by atoms with van der Waals surface area (Å²) in [6.07, 6.45) is 5.31. The van der Waals surface area contributed by atoms with Crippen LogP contribution in [-0.4, -0.2) is 19.3 Å². The molecule has 1 aliphatic heterocycles. The summed E-state index contributed by atoms with van der Waals surface area (Å²) in [7, 11) is -3.67. The molecule has 0 aromatic heterocycles. The number of allylic oxidation sites excluding steroid dienone is 2. The molecule has 3 rings (SSSR count). The van der Waals surface area contributed by atoms with E-state index in [4.69, 9.17) is 0 Å². The maximum atomic E-state index is 13.1. The molecule has 0 atom stereocenters. The van der Waals surface area contributed by atoms with Crippen molar-refractivity contribution in [3.8, 4) is 0 Å². The Bertz CT molecular complexity index is 866. The summed E-state index contributed by atoms with van der Waals surface area (Å²) in [4.78, 5) is 0.242. The standard InChI is InChI=1S/C18H16FNO2S/c1-14-5-11-17(12-6-14)23(21,22)20-13-3-2-4-18(20)15-7-9-16(19)10-8-15/h2-12H,13H2,1H3. The number of hydrogen-bond acceptors (Lipinski definition) is 2. The Morgan fingerprint density at radius 1 is 1.00 bits per heavy atom. The third kappa shape index (κ3) is 3.05. The first kappa shape index (κ1) is 15.5. The van der Waals surface area contributed by atoms with Crippen LogP contribution in [0.25, 0.3) is 5.70 Å². The lowest BCUT2D eigenvalue weighted by molar-refractivity contribution is 0.530. The Hall–Kier alpha value is -2.40. The fraction of sp³-hybridized carbons (Fsp3) is 0.111. The van der Waals surface area contributed by atoms with Crippen LogP contribution in [0.5, 0.6) is 0 Å². The van der Waals surface area contributed by atoms with Gasteiger partial charge in [-0.05, 0) is 55.0 Å². The van der Waals surface area contributed by atoms with Crippen molar-refractivity contribution in [2.45, 2.75) is 11.8 Å². The molecule has 0 saturated heterocycles. The minimum Gasteiger partial charge on any atom is -0.262 e. The molecule has 0 unspecified atom stereocenters. The summed E-state index contributed by atoms with van der Waals surface area (Å²) in [6, 6.07) is 12.6. The largest absolute Gasteiger partial charge is 0.264 e. The minimum atomic E-state index is -3.67. The van der Waals surface area contributed by atoms with Crippen LogP contribution in [0, 0.1) is 12.7 Å². The second kappa shape index (κ2) is 6.01. The molecule has 118 valence electrons. The van der Waals surface area contributed by atoms with Crippen LogP contribution in [-0.2, 0) is 10.0 Å². The normalized spacial score (nSPS) is 14.7. The van der Waals surface area contributed by atoms with Gasteiger partial charge in [0, 0.05) is 0 Å². The average molecular weight is 329 g/mol. The molecule has 0 saturated carbocycles. The van der Waals surface area contributed by atoms with Gasteiger partial charge >= 0.3 is 0 Å². The zero-order valence-electron chi connectivity index (χ0n) is 12.6. The van der Waals surface area contributed by atoms with Crippen molar-refractivity contribution in [1.29, 1.82) is 0 Å². The first-order chi connectivity index (χ1) is 11.0. The molecule has 2 aromatic carbocycles. The molecule has 0 amide bonds. The van der Waals surface area contributed by atoms with Crippen molar-refractivity contribution in [2.75, 3.05) is 6.54 Å². The predicted octanol–water partition coefficient (Wildman–Crippen LogP) is 3.74. The topological polar surface area (TPSA) is 37.4 Å². The number of halogens is 1. The van der Waals surface area contributed by atoms with Crippen LogP contribution in [0.1, 0.15) is 11.1 Å². The van der Waals surface area contributed by atoms with Crippen LogP contribution in [0.15, 0.2) is 71.7 Å². The number of hydrogen-bond donors (Lipinski definition) is 0. The quantitative estimate of drug-likeness (QED) is 0.860. The fourth-order valence-corrected chi connectivity index (χ4v) is 3.87. The number of benzene rings is 2. The summed E-state index contributed by atoms with van der Waals surface area (Å²) < 4.78 is 40.3. The monoisotopic (exact) mass is 329 g/mol. The van der Waals surface area contributed by atoms with Crippen LogP contribution >= 0.6 is 0 Å². The van der Waals surface area contributed by atoms with Gasteiger partial charge < -0.3 is 0 Å². The molecule has 0 radical (unpaired) electrons. The number of aryl methyl sites for hydroxylation is 1. The van der Waals surface area contributed by atoms with E-state index in [0.717, 1.165) is 5.56 Å². The number of sulfonamides is 1. The highest BCUT2D eigenvalue weighted by molar-refractivity contribution is 7.89.